The number of aryl methyl sites for hydroxylation is 2. The van der Waals surface area contributed by atoms with E-state index in [0.29, 0.717) is 37.5 Å². The summed E-state index contributed by atoms with van der Waals surface area (Å²) in [5, 5.41) is 9.24. The van der Waals surface area contributed by atoms with Crippen LogP contribution in [0.2, 0.25) is 0 Å². The summed E-state index contributed by atoms with van der Waals surface area (Å²) in [4.78, 5) is 25.7. The molecule has 0 aliphatic rings. The number of hydrogen-bond donors (Lipinski definition) is 0. The fraction of sp³-hybridized carbons (Fsp3) is 0.133. The Hall–Kier alpha value is -3.89. The number of hydrogen-bond acceptors (Lipinski definition) is 6. The quantitative estimate of drug-likeness (QED) is 0.151. The van der Waals surface area contributed by atoms with Crippen LogP contribution < -0.4 is 9.73 Å². The van der Waals surface area contributed by atoms with Gasteiger partial charge >= 0.3 is 242 Å². The van der Waals surface area contributed by atoms with Crippen molar-refractivity contribution in [3.63, 3.8) is 0 Å². The Morgan fingerprint density at radius 1 is 0.650 bits per heavy atom. The number of halogens is 1. The third-order valence-electron chi connectivity index (χ3n) is 6.32. The molecule has 8 nitrogen and oxygen atoms in total. The third-order valence-corrected chi connectivity index (χ3v) is 14.3. The summed E-state index contributed by atoms with van der Waals surface area (Å²) < 4.78 is 17.2. The first-order valence-electron chi connectivity index (χ1n) is 12.6. The number of benzene rings is 3. The molecule has 2 aromatic heterocycles. The van der Waals surface area contributed by atoms with Gasteiger partial charge < -0.3 is 0 Å². The molecule has 0 unspecified atom stereocenters. The predicted octanol–water partition coefficient (Wildman–Crippen LogP) is 5.62. The number of nitrogens with zero attached hydrogens (tertiary/aromatic N) is 4. The zero-order valence-corrected chi connectivity index (χ0v) is 26.1. The SMILES string of the molecule is CC(=O)c1c(C)nn(-c2ccccc2)c1[O][Sn]([Cl])([O]c1c(C(C)=O)c(C)nn1-c1ccccc1)[c]1ccccc1. The Balaban J connectivity index is 1.72. The van der Waals surface area contributed by atoms with Gasteiger partial charge in [-0.3, -0.25) is 0 Å². The van der Waals surface area contributed by atoms with E-state index < -0.39 is 18.1 Å². The van der Waals surface area contributed by atoms with Crippen molar-refractivity contribution in [3.05, 3.63) is 114 Å². The molecule has 5 aromatic rings. The van der Waals surface area contributed by atoms with Gasteiger partial charge in [-0.25, -0.2) is 0 Å². The predicted molar refractivity (Wildman–Crippen MR) is 156 cm³/mol. The van der Waals surface area contributed by atoms with Gasteiger partial charge in [-0.2, -0.15) is 0 Å². The van der Waals surface area contributed by atoms with E-state index in [-0.39, 0.29) is 23.3 Å². The van der Waals surface area contributed by atoms with Gasteiger partial charge in [0, 0.05) is 0 Å². The van der Waals surface area contributed by atoms with Gasteiger partial charge in [0.25, 0.3) is 0 Å². The van der Waals surface area contributed by atoms with Crippen LogP contribution in [-0.2, 0) is 0 Å². The maximum absolute atomic E-state index is 12.8. The van der Waals surface area contributed by atoms with Gasteiger partial charge in [0.05, 0.1) is 0 Å². The van der Waals surface area contributed by atoms with Crippen molar-refractivity contribution in [1.82, 2.24) is 19.6 Å². The van der Waals surface area contributed by atoms with E-state index in [1.165, 1.54) is 13.8 Å². The van der Waals surface area contributed by atoms with Crippen molar-refractivity contribution in [2.75, 3.05) is 0 Å². The summed E-state index contributed by atoms with van der Waals surface area (Å²) in [7, 11) is 7.49. The molecular weight excluding hydrogens is 635 g/mol. The minimum atomic E-state index is -5.03. The Kier molecular flexibility index (Phi) is 7.82. The Morgan fingerprint density at radius 3 is 1.35 bits per heavy atom. The molecule has 0 saturated carbocycles. The number of carbonyl (C=O) groups excluding carboxylic acids is 2. The van der Waals surface area contributed by atoms with E-state index in [1.807, 2.05) is 91.0 Å². The number of rotatable bonds is 9. The summed E-state index contributed by atoms with van der Waals surface area (Å²) in [6.07, 6.45) is 0. The second-order valence-corrected chi connectivity index (χ2v) is 18.5. The standard InChI is InChI=1S/2C12H12N2O2.C6H5.ClH.Sn/c2*1-8-11(9(2)15)12(16)14(13-8)10-6-4-3-5-7-10;1-2-4-6-5-3-1;;/h2*3-7,16H,1-2H3;1-5H;1H;/q;;;;+3/p-3. The summed E-state index contributed by atoms with van der Waals surface area (Å²) in [5.74, 6) is -0.0549. The van der Waals surface area contributed by atoms with E-state index >= 15 is 0 Å². The summed E-state index contributed by atoms with van der Waals surface area (Å²) in [6, 6.07) is 27.9. The molecule has 0 N–H and O–H groups in total. The number of carbonyl (C=O) groups is 2. The molecule has 40 heavy (non-hydrogen) atoms. The first kappa shape index (κ1) is 27.7. The molecule has 0 fully saturated rings. The molecule has 0 aliphatic carbocycles. The molecule has 5 rings (SSSR count). The van der Waals surface area contributed by atoms with Crippen LogP contribution in [0.15, 0.2) is 91.0 Å². The molecule has 0 radical (unpaired) electrons. The van der Waals surface area contributed by atoms with E-state index in [9.17, 15) is 9.59 Å². The summed E-state index contributed by atoms with van der Waals surface area (Å²) >= 11 is -5.03. The molecule has 0 spiro atoms. The first-order chi connectivity index (χ1) is 19.2. The normalized spacial score (nSPS) is 11.3. The Labute approximate surface area is 240 Å². The summed E-state index contributed by atoms with van der Waals surface area (Å²) in [5.41, 5.74) is 3.01. The zero-order chi connectivity index (χ0) is 28.4. The maximum atomic E-state index is 12.8. The van der Waals surface area contributed by atoms with Crippen LogP contribution in [0.5, 0.6) is 11.8 Å². The fourth-order valence-corrected chi connectivity index (χ4v) is 11.3. The zero-order valence-electron chi connectivity index (χ0n) is 22.5. The molecule has 10 heteroatoms. The second kappa shape index (κ2) is 11.3. The summed E-state index contributed by atoms with van der Waals surface area (Å²) in [6.45, 7) is 6.42. The Morgan fingerprint density at radius 2 is 1.00 bits per heavy atom. The fourth-order valence-electron chi connectivity index (χ4n) is 4.52. The molecule has 0 amide bonds. The number of ketones is 2. The van der Waals surface area contributed by atoms with Crippen molar-refractivity contribution < 1.29 is 15.7 Å². The van der Waals surface area contributed by atoms with Gasteiger partial charge in [0.15, 0.2) is 0 Å². The number of Topliss-reactive ketones (excluding diaryl/α,β-unsaturated/α-hetero) is 2. The van der Waals surface area contributed by atoms with Crippen molar-refractivity contribution in [2.24, 2.45) is 0 Å². The molecule has 0 aliphatic heterocycles. The second-order valence-electron chi connectivity index (χ2n) is 9.24. The van der Waals surface area contributed by atoms with E-state index in [4.69, 9.17) is 15.1 Å². The monoisotopic (exact) mass is 662 g/mol. The molecular formula is C30H27ClN4O4Sn. The average molecular weight is 662 g/mol. The van der Waals surface area contributed by atoms with Gasteiger partial charge in [0.1, 0.15) is 0 Å². The van der Waals surface area contributed by atoms with Crippen molar-refractivity contribution in [1.29, 1.82) is 0 Å². The number of para-hydroxylation sites is 2. The van der Waals surface area contributed by atoms with Gasteiger partial charge in [-0.05, 0) is 0 Å². The van der Waals surface area contributed by atoms with Crippen LogP contribution in [0.25, 0.3) is 11.4 Å². The van der Waals surface area contributed by atoms with Crippen LogP contribution in [0.4, 0.5) is 0 Å². The third kappa shape index (κ3) is 5.29. The molecule has 0 atom stereocenters. The van der Waals surface area contributed by atoms with Crippen LogP contribution >= 0.6 is 8.92 Å². The molecule has 3 aromatic carbocycles. The van der Waals surface area contributed by atoms with E-state index in [1.54, 1.807) is 23.2 Å². The van der Waals surface area contributed by atoms with Crippen LogP contribution in [0.1, 0.15) is 46.0 Å². The van der Waals surface area contributed by atoms with Gasteiger partial charge in [0.2, 0.25) is 0 Å². The molecule has 0 saturated heterocycles. The topological polar surface area (TPSA) is 88.2 Å². The van der Waals surface area contributed by atoms with Crippen molar-refractivity contribution >= 4 is 42.1 Å². The Bertz CT molecular complexity index is 1580. The van der Waals surface area contributed by atoms with E-state index in [0.717, 1.165) is 0 Å². The van der Waals surface area contributed by atoms with Gasteiger partial charge in [-0.15, -0.1) is 0 Å². The van der Waals surface area contributed by atoms with Crippen LogP contribution in [0, 0.1) is 13.8 Å². The minimum absolute atomic E-state index is 0.192. The molecule has 2 heterocycles. The van der Waals surface area contributed by atoms with E-state index in [2.05, 4.69) is 10.2 Å². The van der Waals surface area contributed by atoms with Gasteiger partial charge in [-0.1, -0.05) is 0 Å². The van der Waals surface area contributed by atoms with Crippen molar-refractivity contribution in [2.45, 2.75) is 27.7 Å². The molecule has 202 valence electrons. The first-order valence-corrected chi connectivity index (χ1v) is 20.0. The van der Waals surface area contributed by atoms with Crippen molar-refractivity contribution in [3.8, 4) is 23.1 Å². The average Bonchev–Trinajstić information content (AvgIpc) is 3.45. The van der Waals surface area contributed by atoms with Crippen LogP contribution in [0.3, 0.4) is 0 Å². The number of aromatic nitrogens is 4. The molecule has 0 bridgehead atoms. The van der Waals surface area contributed by atoms with Crippen LogP contribution in [-0.4, -0.2) is 49.2 Å².